The first kappa shape index (κ1) is 24.2. The lowest BCUT2D eigenvalue weighted by Gasteiger charge is -2.28. The van der Waals surface area contributed by atoms with E-state index in [4.69, 9.17) is 0 Å². The second kappa shape index (κ2) is 12.5. The Labute approximate surface area is 164 Å². The molecular weight excluding hydrogens is 357 g/mol. The zero-order chi connectivity index (χ0) is 16.7. The van der Waals surface area contributed by atoms with Crippen molar-refractivity contribution in [1.29, 1.82) is 0 Å². The van der Waals surface area contributed by atoms with Crippen molar-refractivity contribution in [2.45, 2.75) is 46.0 Å². The standard InChI is InChI=1S/C19H31N3O.2ClH/c1-14(2)18(17-7-5-9-21-12-17)13-22-19(23)10-15(3)16-6-4-8-20-11-16;;/h5,7,9,12,14-16,18,20H,4,6,8,10-11,13H2,1-3H3,(H,22,23);2*1H. The molecule has 1 saturated heterocycles. The summed E-state index contributed by atoms with van der Waals surface area (Å²) in [6.45, 7) is 9.46. The Morgan fingerprint density at radius 1 is 1.36 bits per heavy atom. The largest absolute Gasteiger partial charge is 0.355 e. The Bertz CT molecular complexity index is 479. The molecule has 4 nitrogen and oxygen atoms in total. The number of nitrogens with one attached hydrogen (secondary N) is 2. The molecule has 1 aromatic rings. The van der Waals surface area contributed by atoms with Crippen molar-refractivity contribution in [2.24, 2.45) is 17.8 Å². The van der Waals surface area contributed by atoms with Gasteiger partial charge >= 0.3 is 0 Å². The second-order valence-electron chi connectivity index (χ2n) is 7.23. The number of rotatable bonds is 7. The molecule has 25 heavy (non-hydrogen) atoms. The first-order valence-corrected chi connectivity index (χ1v) is 8.95. The summed E-state index contributed by atoms with van der Waals surface area (Å²) in [6, 6.07) is 4.06. The molecule has 0 saturated carbocycles. The quantitative estimate of drug-likeness (QED) is 0.745. The van der Waals surface area contributed by atoms with Crippen LogP contribution in [0.2, 0.25) is 0 Å². The van der Waals surface area contributed by atoms with Gasteiger partial charge < -0.3 is 10.6 Å². The SMILES string of the molecule is CC(C)C(CNC(=O)CC(C)C1CCCNC1)c1cccnc1.Cl.Cl. The first-order chi connectivity index (χ1) is 11.1. The number of halogens is 2. The maximum absolute atomic E-state index is 12.3. The Morgan fingerprint density at radius 2 is 2.12 bits per heavy atom. The zero-order valence-electron chi connectivity index (χ0n) is 15.5. The number of carbonyl (C=O) groups is 1. The van der Waals surface area contributed by atoms with Gasteiger partial charge in [0, 0.05) is 31.3 Å². The normalized spacial score (nSPS) is 19.3. The minimum Gasteiger partial charge on any atom is -0.355 e. The van der Waals surface area contributed by atoms with Crippen LogP contribution in [0.4, 0.5) is 0 Å². The van der Waals surface area contributed by atoms with Crippen LogP contribution in [0.1, 0.15) is 51.5 Å². The summed E-state index contributed by atoms with van der Waals surface area (Å²) in [5, 5.41) is 6.58. The first-order valence-electron chi connectivity index (χ1n) is 8.95. The van der Waals surface area contributed by atoms with E-state index >= 15 is 0 Å². The van der Waals surface area contributed by atoms with Gasteiger partial charge in [0.05, 0.1) is 0 Å². The molecule has 0 aromatic carbocycles. The third-order valence-corrected chi connectivity index (χ3v) is 5.08. The second-order valence-corrected chi connectivity index (χ2v) is 7.23. The van der Waals surface area contributed by atoms with Crippen LogP contribution >= 0.6 is 24.8 Å². The maximum Gasteiger partial charge on any atom is 0.220 e. The maximum atomic E-state index is 12.3. The van der Waals surface area contributed by atoms with Crippen LogP contribution < -0.4 is 10.6 Å². The van der Waals surface area contributed by atoms with Crippen molar-refractivity contribution in [3.63, 3.8) is 0 Å². The van der Waals surface area contributed by atoms with Gasteiger partial charge in [-0.3, -0.25) is 9.78 Å². The van der Waals surface area contributed by atoms with Crippen LogP contribution in [0, 0.1) is 17.8 Å². The lowest BCUT2D eigenvalue weighted by atomic mass is 9.85. The van der Waals surface area contributed by atoms with Gasteiger partial charge in [-0.05, 0) is 55.3 Å². The molecule has 2 rings (SSSR count). The number of hydrogen-bond acceptors (Lipinski definition) is 3. The average Bonchev–Trinajstić information content (AvgIpc) is 2.56. The van der Waals surface area contributed by atoms with E-state index in [9.17, 15) is 4.79 Å². The fourth-order valence-electron chi connectivity index (χ4n) is 3.45. The topological polar surface area (TPSA) is 54.0 Å². The molecule has 0 bridgehead atoms. The highest BCUT2D eigenvalue weighted by Gasteiger charge is 2.23. The fourth-order valence-corrected chi connectivity index (χ4v) is 3.45. The summed E-state index contributed by atoms with van der Waals surface area (Å²) in [6.07, 6.45) is 6.80. The summed E-state index contributed by atoms with van der Waals surface area (Å²) >= 11 is 0. The van der Waals surface area contributed by atoms with Gasteiger partial charge in [0.25, 0.3) is 0 Å². The van der Waals surface area contributed by atoms with E-state index in [1.165, 1.54) is 18.4 Å². The van der Waals surface area contributed by atoms with Crippen LogP contribution in [0.5, 0.6) is 0 Å². The summed E-state index contributed by atoms with van der Waals surface area (Å²) in [7, 11) is 0. The summed E-state index contributed by atoms with van der Waals surface area (Å²) in [4.78, 5) is 16.5. The molecule has 3 atom stereocenters. The lowest BCUT2D eigenvalue weighted by molar-refractivity contribution is -0.122. The molecule has 0 aliphatic carbocycles. The minimum absolute atomic E-state index is 0. The molecule has 1 aliphatic heterocycles. The summed E-state index contributed by atoms with van der Waals surface area (Å²) in [5.41, 5.74) is 1.20. The lowest BCUT2D eigenvalue weighted by Crippen LogP contribution is -2.36. The number of hydrogen-bond donors (Lipinski definition) is 2. The number of carbonyl (C=O) groups excluding carboxylic acids is 1. The van der Waals surface area contributed by atoms with Gasteiger partial charge in [0.15, 0.2) is 0 Å². The van der Waals surface area contributed by atoms with Crippen LogP contribution in [-0.4, -0.2) is 30.5 Å². The number of nitrogens with zero attached hydrogens (tertiary/aromatic N) is 1. The Morgan fingerprint density at radius 3 is 2.68 bits per heavy atom. The van der Waals surface area contributed by atoms with Gasteiger partial charge in [0.2, 0.25) is 5.91 Å². The Hall–Kier alpha value is -0.840. The molecule has 1 amide bonds. The zero-order valence-corrected chi connectivity index (χ0v) is 17.2. The fraction of sp³-hybridized carbons (Fsp3) is 0.684. The molecule has 1 aromatic heterocycles. The van der Waals surface area contributed by atoms with Crippen molar-refractivity contribution in [2.75, 3.05) is 19.6 Å². The summed E-state index contributed by atoms with van der Waals surface area (Å²) < 4.78 is 0. The van der Waals surface area contributed by atoms with E-state index in [0.717, 1.165) is 13.1 Å². The van der Waals surface area contributed by atoms with Gasteiger partial charge in [-0.15, -0.1) is 24.8 Å². The molecule has 2 heterocycles. The molecular formula is C19H33Cl2N3O. The third kappa shape index (κ3) is 7.93. The molecule has 3 unspecified atom stereocenters. The van der Waals surface area contributed by atoms with Gasteiger partial charge in [-0.25, -0.2) is 0 Å². The highest BCUT2D eigenvalue weighted by molar-refractivity contribution is 5.85. The Kier molecular flexibility index (Phi) is 12.1. The van der Waals surface area contributed by atoms with Crippen molar-refractivity contribution >= 4 is 30.7 Å². The van der Waals surface area contributed by atoms with E-state index in [2.05, 4.69) is 42.5 Å². The number of amides is 1. The Balaban J connectivity index is 0.00000288. The average molecular weight is 390 g/mol. The van der Waals surface area contributed by atoms with Crippen LogP contribution in [0.3, 0.4) is 0 Å². The molecule has 6 heteroatoms. The highest BCUT2D eigenvalue weighted by Crippen LogP contribution is 2.24. The monoisotopic (exact) mass is 389 g/mol. The summed E-state index contributed by atoms with van der Waals surface area (Å²) in [5.74, 6) is 2.05. The molecule has 1 aliphatic rings. The highest BCUT2D eigenvalue weighted by atomic mass is 35.5. The van der Waals surface area contributed by atoms with Crippen molar-refractivity contribution < 1.29 is 4.79 Å². The van der Waals surface area contributed by atoms with E-state index in [1.807, 2.05) is 12.3 Å². The molecule has 2 N–H and O–H groups in total. The van der Waals surface area contributed by atoms with Crippen LogP contribution in [-0.2, 0) is 4.79 Å². The third-order valence-electron chi connectivity index (χ3n) is 5.08. The minimum atomic E-state index is 0. The molecule has 1 fully saturated rings. The number of pyridine rings is 1. The van der Waals surface area contributed by atoms with Gasteiger partial charge in [-0.2, -0.15) is 0 Å². The van der Waals surface area contributed by atoms with E-state index in [-0.39, 0.29) is 30.7 Å². The predicted octanol–water partition coefficient (Wildman–Crippen LogP) is 3.81. The van der Waals surface area contributed by atoms with Gasteiger partial charge in [0.1, 0.15) is 0 Å². The van der Waals surface area contributed by atoms with Crippen LogP contribution in [0.15, 0.2) is 24.5 Å². The van der Waals surface area contributed by atoms with Gasteiger partial charge in [-0.1, -0.05) is 26.8 Å². The van der Waals surface area contributed by atoms with Crippen molar-refractivity contribution in [3.05, 3.63) is 30.1 Å². The molecule has 0 spiro atoms. The van der Waals surface area contributed by atoms with Crippen molar-refractivity contribution in [3.8, 4) is 0 Å². The predicted molar refractivity (Wildman–Crippen MR) is 109 cm³/mol. The molecule has 144 valence electrons. The van der Waals surface area contributed by atoms with Crippen LogP contribution in [0.25, 0.3) is 0 Å². The number of aromatic nitrogens is 1. The van der Waals surface area contributed by atoms with Crippen molar-refractivity contribution in [1.82, 2.24) is 15.6 Å². The van der Waals surface area contributed by atoms with E-state index in [1.54, 1.807) is 6.20 Å². The number of piperidine rings is 1. The molecule has 0 radical (unpaired) electrons. The van der Waals surface area contributed by atoms with E-state index in [0.29, 0.717) is 36.6 Å². The van der Waals surface area contributed by atoms with E-state index < -0.39 is 0 Å². The smallest absolute Gasteiger partial charge is 0.220 e.